The Morgan fingerprint density at radius 3 is 2.57 bits per heavy atom. The first kappa shape index (κ1) is 16.8. The van der Waals surface area contributed by atoms with Crippen molar-refractivity contribution in [3.05, 3.63) is 34.9 Å². The zero-order chi connectivity index (χ0) is 17.1. The van der Waals surface area contributed by atoms with E-state index in [1.807, 2.05) is 0 Å². The number of aromatic nitrogens is 2. The number of hydrogen-bond acceptors (Lipinski definition) is 5. The third kappa shape index (κ3) is 3.59. The average Bonchev–Trinajstić information content (AvgIpc) is 2.48. The summed E-state index contributed by atoms with van der Waals surface area (Å²) in [6.07, 6.45) is -1.19. The van der Waals surface area contributed by atoms with Crippen LogP contribution in [0.3, 0.4) is 0 Å². The number of fused-ring (bicyclic) bond motifs is 1. The molecule has 1 aromatic heterocycles. The Balaban J connectivity index is 2.36. The molecule has 8 heteroatoms. The first-order valence-electron chi connectivity index (χ1n) is 6.81. The van der Waals surface area contributed by atoms with E-state index in [1.54, 1.807) is 13.8 Å². The summed E-state index contributed by atoms with van der Waals surface area (Å²) in [5.41, 5.74) is 1.78. The fraction of sp³-hybridized carbons (Fsp3) is 0.333. The molecule has 0 saturated carbocycles. The van der Waals surface area contributed by atoms with E-state index in [-0.39, 0.29) is 23.1 Å². The van der Waals surface area contributed by atoms with Crippen LogP contribution in [-0.2, 0) is 9.53 Å². The lowest BCUT2D eigenvalue weighted by Gasteiger charge is -2.13. The van der Waals surface area contributed by atoms with Crippen LogP contribution in [0.15, 0.2) is 12.1 Å². The highest BCUT2D eigenvalue weighted by Gasteiger charge is 2.20. The summed E-state index contributed by atoms with van der Waals surface area (Å²) in [4.78, 5) is 31.6. The Morgan fingerprint density at radius 1 is 1.30 bits per heavy atom. The maximum Gasteiger partial charge on any atom is 0.334 e. The Labute approximate surface area is 131 Å². The van der Waals surface area contributed by atoms with Crippen LogP contribution in [0, 0.1) is 19.7 Å². The number of aliphatic carboxylic acids is 1. The molecule has 7 nitrogen and oxygen atoms in total. The number of benzene rings is 1. The number of nitrogens with zero attached hydrogens (tertiary/aromatic N) is 2. The van der Waals surface area contributed by atoms with Gasteiger partial charge in [-0.1, -0.05) is 0 Å². The number of methoxy groups -OCH3 is 1. The second-order valence-electron chi connectivity index (χ2n) is 4.99. The average molecular weight is 321 g/mol. The van der Waals surface area contributed by atoms with Gasteiger partial charge in [0.1, 0.15) is 11.3 Å². The summed E-state index contributed by atoms with van der Waals surface area (Å²) in [6, 6.07) is 2.24. The van der Waals surface area contributed by atoms with E-state index in [4.69, 9.17) is 9.84 Å². The summed E-state index contributed by atoms with van der Waals surface area (Å²) < 4.78 is 18.4. The largest absolute Gasteiger partial charge is 0.479 e. The minimum atomic E-state index is -1.21. The third-order valence-corrected chi connectivity index (χ3v) is 3.40. The van der Waals surface area contributed by atoms with Gasteiger partial charge in [0.15, 0.2) is 6.10 Å². The van der Waals surface area contributed by atoms with Crippen molar-refractivity contribution in [1.29, 1.82) is 0 Å². The van der Waals surface area contributed by atoms with Gasteiger partial charge in [0.2, 0.25) is 0 Å². The zero-order valence-corrected chi connectivity index (χ0v) is 12.9. The fourth-order valence-electron chi connectivity index (χ4n) is 2.02. The number of rotatable bonds is 5. The highest BCUT2D eigenvalue weighted by atomic mass is 19.1. The quantitative estimate of drug-likeness (QED) is 0.858. The number of carbonyl (C=O) groups is 2. The molecule has 2 aromatic rings. The van der Waals surface area contributed by atoms with E-state index in [9.17, 15) is 14.0 Å². The van der Waals surface area contributed by atoms with Crippen LogP contribution in [-0.4, -0.2) is 46.7 Å². The summed E-state index contributed by atoms with van der Waals surface area (Å²) in [6.45, 7) is 3.22. The second kappa shape index (κ2) is 6.66. The number of ether oxygens (including phenoxy) is 1. The van der Waals surface area contributed by atoms with Gasteiger partial charge >= 0.3 is 5.97 Å². The highest BCUT2D eigenvalue weighted by Crippen LogP contribution is 2.19. The first-order valence-corrected chi connectivity index (χ1v) is 6.81. The van der Waals surface area contributed by atoms with E-state index < -0.39 is 23.8 Å². The van der Waals surface area contributed by atoms with E-state index >= 15 is 0 Å². The van der Waals surface area contributed by atoms with E-state index in [0.717, 1.165) is 6.07 Å². The number of amides is 1. The third-order valence-electron chi connectivity index (χ3n) is 3.40. The van der Waals surface area contributed by atoms with Crippen molar-refractivity contribution in [2.75, 3.05) is 13.7 Å². The van der Waals surface area contributed by atoms with E-state index in [1.165, 1.54) is 13.2 Å². The van der Waals surface area contributed by atoms with Gasteiger partial charge in [0.25, 0.3) is 5.91 Å². The number of carboxylic acid groups (broad SMARTS) is 1. The minimum Gasteiger partial charge on any atom is -0.479 e. The van der Waals surface area contributed by atoms with E-state index in [0.29, 0.717) is 11.4 Å². The van der Waals surface area contributed by atoms with Crippen LogP contribution >= 0.6 is 0 Å². The number of carbonyl (C=O) groups excluding carboxylic acids is 1. The number of halogens is 1. The lowest BCUT2D eigenvalue weighted by atomic mass is 10.1. The maximum absolute atomic E-state index is 13.7. The van der Waals surface area contributed by atoms with Crippen LogP contribution in [0.1, 0.15) is 21.7 Å². The summed E-state index contributed by atoms with van der Waals surface area (Å²) in [5.74, 6) is -2.47. The van der Waals surface area contributed by atoms with Crippen LogP contribution < -0.4 is 5.32 Å². The molecular weight excluding hydrogens is 305 g/mol. The van der Waals surface area contributed by atoms with Crippen LogP contribution in [0.25, 0.3) is 11.0 Å². The highest BCUT2D eigenvalue weighted by molar-refractivity contribution is 6.04. The van der Waals surface area contributed by atoms with Crippen molar-refractivity contribution in [2.45, 2.75) is 20.0 Å². The summed E-state index contributed by atoms with van der Waals surface area (Å²) >= 11 is 0. The SMILES string of the molecule is COC(CNC(=O)c1cc(F)cc2nc(C)c(C)nc12)C(=O)O. The lowest BCUT2D eigenvalue weighted by molar-refractivity contribution is -0.148. The smallest absolute Gasteiger partial charge is 0.334 e. The molecule has 1 amide bonds. The van der Waals surface area contributed by atoms with Crippen LogP contribution in [0.4, 0.5) is 4.39 Å². The summed E-state index contributed by atoms with van der Waals surface area (Å²) in [7, 11) is 1.22. The molecule has 0 aliphatic carbocycles. The first-order chi connectivity index (χ1) is 10.8. The maximum atomic E-state index is 13.7. The Kier molecular flexibility index (Phi) is 4.85. The standard InChI is InChI=1S/C15H16FN3O4/c1-7-8(2)19-13-10(4-9(16)5-11(13)18-7)14(20)17-6-12(23-3)15(21)22/h4-5,12H,6H2,1-3H3,(H,17,20)(H,21,22). The molecule has 0 bridgehead atoms. The Morgan fingerprint density at radius 2 is 1.96 bits per heavy atom. The molecule has 2 N–H and O–H groups in total. The van der Waals surface area contributed by atoms with Gasteiger partial charge in [-0.05, 0) is 19.9 Å². The molecule has 0 saturated heterocycles. The van der Waals surface area contributed by atoms with Crippen molar-refractivity contribution in [3.8, 4) is 0 Å². The van der Waals surface area contributed by atoms with Crippen molar-refractivity contribution >= 4 is 22.9 Å². The van der Waals surface area contributed by atoms with Crippen LogP contribution in [0.2, 0.25) is 0 Å². The van der Waals surface area contributed by atoms with Gasteiger partial charge in [-0.25, -0.2) is 19.2 Å². The fourth-order valence-corrected chi connectivity index (χ4v) is 2.02. The molecule has 1 heterocycles. The molecular formula is C15H16FN3O4. The Hall–Kier alpha value is -2.61. The minimum absolute atomic E-state index is 0.00385. The zero-order valence-electron chi connectivity index (χ0n) is 12.9. The molecule has 1 atom stereocenters. The summed E-state index contributed by atoms with van der Waals surface area (Å²) in [5, 5.41) is 11.3. The number of nitrogens with one attached hydrogen (secondary N) is 1. The van der Waals surface area contributed by atoms with Gasteiger partial charge in [-0.15, -0.1) is 0 Å². The molecule has 1 aromatic carbocycles. The molecule has 122 valence electrons. The number of aryl methyl sites for hydroxylation is 2. The molecule has 0 fully saturated rings. The predicted octanol–water partition coefficient (Wildman–Crippen LogP) is 1.22. The normalized spacial score (nSPS) is 12.2. The molecule has 23 heavy (non-hydrogen) atoms. The van der Waals surface area contributed by atoms with Crippen LogP contribution in [0.5, 0.6) is 0 Å². The molecule has 0 spiro atoms. The molecule has 1 unspecified atom stereocenters. The number of hydrogen-bond donors (Lipinski definition) is 2. The van der Waals surface area contributed by atoms with Gasteiger partial charge in [0, 0.05) is 13.2 Å². The number of carboxylic acids is 1. The van der Waals surface area contributed by atoms with Gasteiger partial charge in [-0.3, -0.25) is 4.79 Å². The Bertz CT molecular complexity index is 779. The van der Waals surface area contributed by atoms with Crippen molar-refractivity contribution in [3.63, 3.8) is 0 Å². The molecule has 0 radical (unpaired) electrons. The topological polar surface area (TPSA) is 101 Å². The van der Waals surface area contributed by atoms with Gasteiger partial charge < -0.3 is 15.2 Å². The second-order valence-corrected chi connectivity index (χ2v) is 4.99. The van der Waals surface area contributed by atoms with Crippen molar-refractivity contribution in [2.24, 2.45) is 0 Å². The molecule has 2 rings (SSSR count). The predicted molar refractivity (Wildman–Crippen MR) is 79.7 cm³/mol. The molecule has 0 aliphatic heterocycles. The molecule has 0 aliphatic rings. The van der Waals surface area contributed by atoms with Gasteiger partial charge in [0.05, 0.1) is 29.0 Å². The lowest BCUT2D eigenvalue weighted by Crippen LogP contribution is -2.38. The van der Waals surface area contributed by atoms with E-state index in [2.05, 4.69) is 15.3 Å². The van der Waals surface area contributed by atoms with Crippen molar-refractivity contribution < 1.29 is 23.8 Å². The van der Waals surface area contributed by atoms with Gasteiger partial charge in [-0.2, -0.15) is 0 Å². The monoisotopic (exact) mass is 321 g/mol. The van der Waals surface area contributed by atoms with Crippen molar-refractivity contribution in [1.82, 2.24) is 15.3 Å².